The van der Waals surface area contributed by atoms with Crippen LogP contribution < -0.4 is 10.2 Å². The van der Waals surface area contributed by atoms with Gasteiger partial charge in [0.15, 0.2) is 5.16 Å². The van der Waals surface area contributed by atoms with Crippen LogP contribution in [0.2, 0.25) is 0 Å². The molecule has 2 atom stereocenters. The minimum absolute atomic E-state index is 0.716. The molecule has 4 nitrogen and oxygen atoms in total. The van der Waals surface area contributed by atoms with Crippen LogP contribution in [0.4, 0.5) is 11.6 Å². The van der Waals surface area contributed by atoms with Crippen molar-refractivity contribution < 1.29 is 0 Å². The Hall–Kier alpha value is -0.970. The van der Waals surface area contributed by atoms with Crippen molar-refractivity contribution in [3.05, 3.63) is 6.07 Å². The van der Waals surface area contributed by atoms with E-state index in [1.807, 2.05) is 6.26 Å². The first kappa shape index (κ1) is 13.0. The van der Waals surface area contributed by atoms with Gasteiger partial charge in [-0.05, 0) is 37.9 Å². The van der Waals surface area contributed by atoms with Gasteiger partial charge in [-0.15, -0.1) is 0 Å². The molecule has 1 N–H and O–H groups in total. The number of fused-ring (bicyclic) bond motifs is 2. The van der Waals surface area contributed by atoms with Gasteiger partial charge in [-0.3, -0.25) is 0 Å². The third-order valence-electron chi connectivity index (χ3n) is 4.13. The number of piperidine rings is 1. The molecule has 2 unspecified atom stereocenters. The van der Waals surface area contributed by atoms with Crippen molar-refractivity contribution in [3.8, 4) is 0 Å². The van der Waals surface area contributed by atoms with Crippen molar-refractivity contribution in [2.24, 2.45) is 5.92 Å². The van der Waals surface area contributed by atoms with Gasteiger partial charge in [-0.2, -0.15) is 0 Å². The molecule has 1 aromatic rings. The molecule has 2 aliphatic rings. The first-order valence-electron chi connectivity index (χ1n) is 7.23. The summed E-state index contributed by atoms with van der Waals surface area (Å²) < 4.78 is 0. The topological polar surface area (TPSA) is 41.0 Å². The van der Waals surface area contributed by atoms with Gasteiger partial charge in [0.25, 0.3) is 0 Å². The lowest BCUT2D eigenvalue weighted by Gasteiger charge is -2.28. The summed E-state index contributed by atoms with van der Waals surface area (Å²) in [6.45, 7) is 4.32. The van der Waals surface area contributed by atoms with Gasteiger partial charge in [-0.25, -0.2) is 9.97 Å². The molecule has 1 saturated heterocycles. The molecule has 2 fully saturated rings. The number of nitrogens with zero attached hydrogens (tertiary/aromatic N) is 3. The summed E-state index contributed by atoms with van der Waals surface area (Å²) in [4.78, 5) is 11.7. The number of anilines is 2. The molecule has 0 amide bonds. The Labute approximate surface area is 119 Å². The van der Waals surface area contributed by atoms with Crippen LogP contribution in [0.15, 0.2) is 11.2 Å². The molecule has 0 radical (unpaired) electrons. The second-order valence-electron chi connectivity index (χ2n) is 5.51. The Bertz CT molecular complexity index is 451. The molecule has 0 spiro atoms. The molecule has 2 heterocycles. The summed E-state index contributed by atoms with van der Waals surface area (Å²) in [5.41, 5.74) is 0. The zero-order valence-electron chi connectivity index (χ0n) is 11.7. The molecule has 0 aromatic carbocycles. The number of nitrogens with one attached hydrogen (secondary N) is 1. The summed E-state index contributed by atoms with van der Waals surface area (Å²) in [7, 11) is 0. The van der Waals surface area contributed by atoms with Crippen LogP contribution in [0, 0.1) is 5.92 Å². The molecule has 1 aliphatic carbocycles. The Kier molecular flexibility index (Phi) is 3.82. The van der Waals surface area contributed by atoms with Gasteiger partial charge < -0.3 is 10.2 Å². The highest BCUT2D eigenvalue weighted by Crippen LogP contribution is 2.40. The van der Waals surface area contributed by atoms with E-state index in [-0.39, 0.29) is 0 Å². The second kappa shape index (κ2) is 5.57. The number of rotatable bonds is 5. The maximum atomic E-state index is 4.70. The highest BCUT2D eigenvalue weighted by atomic mass is 32.2. The third-order valence-corrected chi connectivity index (χ3v) is 4.68. The molecular weight excluding hydrogens is 256 g/mol. The SMILES string of the molecule is CCCNc1cc(N2CC3CCC2C3)nc(SC)n1. The van der Waals surface area contributed by atoms with E-state index in [9.17, 15) is 0 Å². The van der Waals surface area contributed by atoms with Crippen LogP contribution in [0.1, 0.15) is 32.6 Å². The average molecular weight is 278 g/mol. The van der Waals surface area contributed by atoms with Crippen LogP contribution in [0.3, 0.4) is 0 Å². The predicted octanol–water partition coefficient (Wildman–Crippen LogP) is 3.01. The predicted molar refractivity (Wildman–Crippen MR) is 81.1 cm³/mol. The maximum absolute atomic E-state index is 4.70. The van der Waals surface area contributed by atoms with Crippen LogP contribution in [-0.2, 0) is 0 Å². The highest BCUT2D eigenvalue weighted by Gasteiger charge is 2.38. The van der Waals surface area contributed by atoms with Crippen molar-refractivity contribution in [2.45, 2.75) is 43.8 Å². The summed E-state index contributed by atoms with van der Waals surface area (Å²) in [6, 6.07) is 2.84. The Morgan fingerprint density at radius 1 is 1.42 bits per heavy atom. The zero-order valence-corrected chi connectivity index (χ0v) is 12.5. The van der Waals surface area contributed by atoms with Crippen molar-refractivity contribution >= 4 is 23.4 Å². The van der Waals surface area contributed by atoms with Crippen molar-refractivity contribution in [2.75, 3.05) is 29.6 Å². The number of aromatic nitrogens is 2. The van der Waals surface area contributed by atoms with E-state index in [0.717, 1.165) is 35.7 Å². The molecular formula is C14H22N4S. The quantitative estimate of drug-likeness (QED) is 0.662. The Morgan fingerprint density at radius 2 is 2.32 bits per heavy atom. The van der Waals surface area contributed by atoms with E-state index in [1.54, 1.807) is 11.8 Å². The van der Waals surface area contributed by atoms with Gasteiger partial charge in [0.2, 0.25) is 0 Å². The van der Waals surface area contributed by atoms with Crippen LogP contribution in [0.5, 0.6) is 0 Å². The lowest BCUT2D eigenvalue weighted by atomic mass is 10.1. The van der Waals surface area contributed by atoms with E-state index < -0.39 is 0 Å². The average Bonchev–Trinajstić information content (AvgIpc) is 3.07. The molecule has 104 valence electrons. The lowest BCUT2D eigenvalue weighted by molar-refractivity contribution is 0.549. The minimum atomic E-state index is 0.716. The van der Waals surface area contributed by atoms with Crippen molar-refractivity contribution in [3.63, 3.8) is 0 Å². The van der Waals surface area contributed by atoms with Crippen molar-refractivity contribution in [1.82, 2.24) is 9.97 Å². The molecule has 1 aliphatic heterocycles. The van der Waals surface area contributed by atoms with Gasteiger partial charge in [0.05, 0.1) is 0 Å². The van der Waals surface area contributed by atoms with Crippen LogP contribution >= 0.6 is 11.8 Å². The second-order valence-corrected chi connectivity index (χ2v) is 6.28. The molecule has 5 heteroatoms. The molecule has 3 rings (SSSR count). The number of hydrogen-bond donors (Lipinski definition) is 1. The van der Waals surface area contributed by atoms with Gasteiger partial charge >= 0.3 is 0 Å². The fourth-order valence-corrected chi connectivity index (χ4v) is 3.57. The van der Waals surface area contributed by atoms with Crippen LogP contribution in [0.25, 0.3) is 0 Å². The number of hydrogen-bond acceptors (Lipinski definition) is 5. The van der Waals surface area contributed by atoms with Crippen molar-refractivity contribution in [1.29, 1.82) is 0 Å². The standard InChI is InChI=1S/C14H22N4S/c1-3-6-15-12-8-13(17-14(16-12)19-2)18-9-10-4-5-11(18)7-10/h8,10-11H,3-7,9H2,1-2H3,(H,15,16,17). The summed E-state index contributed by atoms with van der Waals surface area (Å²) in [6.07, 6.45) is 7.25. The zero-order chi connectivity index (χ0) is 13.2. The maximum Gasteiger partial charge on any atom is 0.191 e. The third kappa shape index (κ3) is 2.66. The smallest absolute Gasteiger partial charge is 0.191 e. The first-order valence-corrected chi connectivity index (χ1v) is 8.46. The molecule has 2 bridgehead atoms. The summed E-state index contributed by atoms with van der Waals surface area (Å²) >= 11 is 1.62. The molecule has 1 aromatic heterocycles. The van der Waals surface area contributed by atoms with E-state index in [0.29, 0.717) is 6.04 Å². The lowest BCUT2D eigenvalue weighted by Crippen LogP contribution is -2.32. The first-order chi connectivity index (χ1) is 9.30. The monoisotopic (exact) mass is 278 g/mol. The number of thioether (sulfide) groups is 1. The fourth-order valence-electron chi connectivity index (χ4n) is 3.20. The summed E-state index contributed by atoms with van der Waals surface area (Å²) in [5.74, 6) is 2.98. The molecule has 1 saturated carbocycles. The Morgan fingerprint density at radius 3 is 2.95 bits per heavy atom. The summed E-state index contributed by atoms with van der Waals surface area (Å²) in [5, 5.41) is 4.26. The van der Waals surface area contributed by atoms with Crippen LogP contribution in [-0.4, -0.2) is 35.4 Å². The Balaban J connectivity index is 1.83. The van der Waals surface area contributed by atoms with E-state index in [4.69, 9.17) is 4.98 Å². The van der Waals surface area contributed by atoms with E-state index in [2.05, 4.69) is 28.2 Å². The highest BCUT2D eigenvalue weighted by molar-refractivity contribution is 7.98. The van der Waals surface area contributed by atoms with Gasteiger partial charge in [-0.1, -0.05) is 18.7 Å². The minimum Gasteiger partial charge on any atom is -0.370 e. The largest absolute Gasteiger partial charge is 0.370 e. The fraction of sp³-hybridized carbons (Fsp3) is 0.714. The van der Waals surface area contributed by atoms with Gasteiger partial charge in [0, 0.05) is 25.2 Å². The normalized spacial score (nSPS) is 25.1. The van der Waals surface area contributed by atoms with Gasteiger partial charge in [0.1, 0.15) is 11.6 Å². The molecule has 19 heavy (non-hydrogen) atoms. The van der Waals surface area contributed by atoms with E-state index in [1.165, 1.54) is 25.8 Å². The van der Waals surface area contributed by atoms with E-state index >= 15 is 0 Å².